The lowest BCUT2D eigenvalue weighted by Crippen LogP contribution is -2.27. The molecule has 1 saturated carbocycles. The molecule has 3 aromatic heterocycles. The van der Waals surface area contributed by atoms with Crippen molar-refractivity contribution < 1.29 is 14.2 Å². The molecule has 3 heterocycles. The number of pyridine rings is 2. The molecule has 176 valence electrons. The number of hydrogen-bond acceptors (Lipinski definition) is 8. The summed E-state index contributed by atoms with van der Waals surface area (Å²) in [6.45, 7) is 4.03. The van der Waals surface area contributed by atoms with Crippen LogP contribution in [0.3, 0.4) is 0 Å². The maximum Gasteiger partial charge on any atom is 0.255 e. The van der Waals surface area contributed by atoms with E-state index in [9.17, 15) is 4.79 Å². The molecule has 1 aliphatic carbocycles. The van der Waals surface area contributed by atoms with Crippen LogP contribution in [0.25, 0.3) is 11.0 Å². The maximum absolute atomic E-state index is 13.1. The van der Waals surface area contributed by atoms with Gasteiger partial charge in [0.1, 0.15) is 23.8 Å². The fourth-order valence-electron chi connectivity index (χ4n) is 4.11. The molecule has 0 saturated heterocycles. The summed E-state index contributed by atoms with van der Waals surface area (Å²) in [7, 11) is 1.64. The Bertz CT molecular complexity index is 1110. The molecule has 0 atom stereocenters. The molecule has 1 aliphatic rings. The van der Waals surface area contributed by atoms with E-state index < -0.39 is 0 Å². The average Bonchev–Trinajstić information content (AvgIpc) is 3.36. The van der Waals surface area contributed by atoms with Crippen molar-refractivity contribution in [3.8, 4) is 5.75 Å². The van der Waals surface area contributed by atoms with Crippen LogP contribution >= 0.6 is 0 Å². The van der Waals surface area contributed by atoms with Crippen molar-refractivity contribution in [2.75, 3.05) is 38.9 Å². The normalized spacial score (nSPS) is 14.1. The summed E-state index contributed by atoms with van der Waals surface area (Å²) in [4.78, 5) is 26.6. The highest BCUT2D eigenvalue weighted by atomic mass is 16.5. The van der Waals surface area contributed by atoms with E-state index >= 15 is 0 Å². The molecule has 3 aromatic rings. The Balaban J connectivity index is 1.47. The largest absolute Gasteiger partial charge is 0.490 e. The summed E-state index contributed by atoms with van der Waals surface area (Å²) in [5.41, 5.74) is 1.54. The van der Waals surface area contributed by atoms with Crippen LogP contribution in [0.5, 0.6) is 5.75 Å². The highest BCUT2D eigenvalue weighted by molar-refractivity contribution is 5.76. The summed E-state index contributed by atoms with van der Waals surface area (Å²) in [6, 6.07) is 5.74. The molecule has 0 amide bonds. The van der Waals surface area contributed by atoms with E-state index in [1.54, 1.807) is 25.6 Å². The Hall–Kier alpha value is -3.04. The van der Waals surface area contributed by atoms with E-state index in [-0.39, 0.29) is 11.6 Å². The molecule has 1 fully saturated rings. The molecule has 0 aromatic carbocycles. The number of hydrogen-bond donors (Lipinski definition) is 1. The zero-order valence-corrected chi connectivity index (χ0v) is 19.2. The fraction of sp³-hybridized carbons (Fsp3) is 0.500. The third kappa shape index (κ3) is 5.66. The number of anilines is 2. The first-order valence-electron chi connectivity index (χ1n) is 11.5. The molecule has 0 spiro atoms. The maximum atomic E-state index is 13.1. The predicted molar refractivity (Wildman–Crippen MR) is 126 cm³/mol. The van der Waals surface area contributed by atoms with Crippen LogP contribution in [0, 0.1) is 0 Å². The van der Waals surface area contributed by atoms with E-state index in [1.165, 1.54) is 0 Å². The zero-order chi connectivity index (χ0) is 23.0. The number of nitrogens with one attached hydrogen (secondary N) is 1. The van der Waals surface area contributed by atoms with Crippen LogP contribution in [-0.2, 0) is 15.9 Å². The molecule has 33 heavy (non-hydrogen) atoms. The minimum atomic E-state index is 0.0624. The average molecular weight is 454 g/mol. The van der Waals surface area contributed by atoms with E-state index in [0.29, 0.717) is 56.0 Å². The molecule has 1 N–H and O–H groups in total. The van der Waals surface area contributed by atoms with Gasteiger partial charge in [-0.2, -0.15) is 4.98 Å². The molecular weight excluding hydrogens is 422 g/mol. The van der Waals surface area contributed by atoms with Gasteiger partial charge in [-0.25, -0.2) is 9.97 Å². The SMILES string of the molecule is CCc1cc2cnc(Nc3ccc(OCCOCCOC)cn3)nc2n(C2CCCC2)c1=O. The highest BCUT2D eigenvalue weighted by Gasteiger charge is 2.22. The minimum absolute atomic E-state index is 0.0624. The Labute approximate surface area is 193 Å². The third-order valence-corrected chi connectivity index (χ3v) is 5.82. The van der Waals surface area contributed by atoms with Gasteiger partial charge in [0.25, 0.3) is 5.56 Å². The Kier molecular flexibility index (Phi) is 7.85. The van der Waals surface area contributed by atoms with Crippen LogP contribution in [0.1, 0.15) is 44.2 Å². The second kappa shape index (κ2) is 11.2. The third-order valence-electron chi connectivity index (χ3n) is 5.82. The van der Waals surface area contributed by atoms with Gasteiger partial charge >= 0.3 is 0 Å². The first-order valence-corrected chi connectivity index (χ1v) is 11.5. The lowest BCUT2D eigenvalue weighted by atomic mass is 10.1. The number of aromatic nitrogens is 4. The molecule has 0 aliphatic heterocycles. The fourth-order valence-corrected chi connectivity index (χ4v) is 4.11. The topological polar surface area (TPSA) is 100 Å². The van der Waals surface area contributed by atoms with Crippen molar-refractivity contribution >= 4 is 22.8 Å². The summed E-state index contributed by atoms with van der Waals surface area (Å²) in [5, 5.41) is 4.02. The predicted octanol–water partition coefficient (Wildman–Crippen LogP) is 3.65. The van der Waals surface area contributed by atoms with Crippen LogP contribution in [-0.4, -0.2) is 53.1 Å². The van der Waals surface area contributed by atoms with Gasteiger partial charge in [0, 0.05) is 30.3 Å². The number of nitrogens with zero attached hydrogens (tertiary/aromatic N) is 4. The van der Waals surface area contributed by atoms with Crippen LogP contribution in [0.4, 0.5) is 11.8 Å². The smallest absolute Gasteiger partial charge is 0.255 e. The Morgan fingerprint density at radius 1 is 1.09 bits per heavy atom. The molecule has 0 bridgehead atoms. The molecule has 9 nitrogen and oxygen atoms in total. The van der Waals surface area contributed by atoms with Gasteiger partial charge in [0.05, 0.1) is 26.0 Å². The van der Waals surface area contributed by atoms with E-state index in [2.05, 4.69) is 15.3 Å². The second-order valence-electron chi connectivity index (χ2n) is 8.07. The first kappa shape index (κ1) is 23.1. The van der Waals surface area contributed by atoms with Gasteiger partial charge in [0.15, 0.2) is 0 Å². The van der Waals surface area contributed by atoms with Crippen LogP contribution in [0.2, 0.25) is 0 Å². The van der Waals surface area contributed by atoms with Gasteiger partial charge in [-0.15, -0.1) is 0 Å². The summed E-state index contributed by atoms with van der Waals surface area (Å²) in [5.74, 6) is 1.65. The van der Waals surface area contributed by atoms with E-state index in [0.717, 1.165) is 36.6 Å². The van der Waals surface area contributed by atoms with Crippen molar-refractivity contribution in [1.82, 2.24) is 19.5 Å². The minimum Gasteiger partial charge on any atom is -0.490 e. The molecule has 0 unspecified atom stereocenters. The number of rotatable bonds is 11. The number of ether oxygens (including phenoxy) is 3. The van der Waals surface area contributed by atoms with Gasteiger partial charge in [0.2, 0.25) is 5.95 Å². The Morgan fingerprint density at radius 2 is 1.91 bits per heavy atom. The summed E-state index contributed by atoms with van der Waals surface area (Å²) < 4.78 is 17.8. The quantitative estimate of drug-likeness (QED) is 0.439. The molecule has 0 radical (unpaired) electrons. The molecular formula is C24H31N5O4. The van der Waals surface area contributed by atoms with Crippen LogP contribution < -0.4 is 15.6 Å². The van der Waals surface area contributed by atoms with Gasteiger partial charge in [-0.3, -0.25) is 9.36 Å². The standard InChI is InChI=1S/C24H31N5O4/c1-3-17-14-18-15-26-24(28-22(18)29(23(17)30)19-6-4-5-7-19)27-21-9-8-20(16-25-21)33-13-12-32-11-10-31-2/h8-9,14-16,19H,3-7,10-13H2,1-2H3,(H,25,26,27,28). The Morgan fingerprint density at radius 3 is 2.64 bits per heavy atom. The summed E-state index contributed by atoms with van der Waals surface area (Å²) in [6.07, 6.45) is 8.41. The zero-order valence-electron chi connectivity index (χ0n) is 19.2. The number of aryl methyl sites for hydroxylation is 1. The molecule has 9 heteroatoms. The highest BCUT2D eigenvalue weighted by Crippen LogP contribution is 2.31. The van der Waals surface area contributed by atoms with Gasteiger partial charge in [-0.05, 0) is 37.5 Å². The lowest BCUT2D eigenvalue weighted by Gasteiger charge is -2.18. The summed E-state index contributed by atoms with van der Waals surface area (Å²) >= 11 is 0. The van der Waals surface area contributed by atoms with E-state index in [1.807, 2.05) is 23.6 Å². The molecule has 4 rings (SSSR count). The van der Waals surface area contributed by atoms with Crippen molar-refractivity contribution in [3.05, 3.63) is 46.5 Å². The number of methoxy groups -OCH3 is 1. The number of fused-ring (bicyclic) bond motifs is 1. The lowest BCUT2D eigenvalue weighted by molar-refractivity contribution is 0.0544. The van der Waals surface area contributed by atoms with Gasteiger partial charge < -0.3 is 19.5 Å². The van der Waals surface area contributed by atoms with E-state index in [4.69, 9.17) is 19.2 Å². The van der Waals surface area contributed by atoms with Crippen molar-refractivity contribution in [1.29, 1.82) is 0 Å². The van der Waals surface area contributed by atoms with Crippen molar-refractivity contribution in [3.63, 3.8) is 0 Å². The van der Waals surface area contributed by atoms with Crippen molar-refractivity contribution in [2.45, 2.75) is 45.1 Å². The second-order valence-corrected chi connectivity index (χ2v) is 8.07. The van der Waals surface area contributed by atoms with Gasteiger partial charge in [-0.1, -0.05) is 19.8 Å². The monoisotopic (exact) mass is 453 g/mol. The van der Waals surface area contributed by atoms with Crippen molar-refractivity contribution in [2.24, 2.45) is 0 Å². The van der Waals surface area contributed by atoms with Crippen LogP contribution in [0.15, 0.2) is 35.4 Å². The first-order chi connectivity index (χ1) is 16.2.